The maximum absolute atomic E-state index is 12.6. The molecule has 3 saturated heterocycles. The Morgan fingerprint density at radius 1 is 1.05 bits per heavy atom. The summed E-state index contributed by atoms with van der Waals surface area (Å²) in [5.74, 6) is 0.262. The van der Waals surface area contributed by atoms with Gasteiger partial charge >= 0.3 is 0 Å². The highest BCUT2D eigenvalue weighted by Gasteiger charge is 2.57. The minimum Gasteiger partial charge on any atom is -0.313 e. The number of amides is 2. The molecule has 2 amide bonds. The monoisotopic (exact) mass is 306 g/mol. The molecule has 1 aromatic carbocycles. The lowest BCUT2D eigenvalue weighted by Crippen LogP contribution is -2.56. The number of halogens is 1. The summed E-state index contributed by atoms with van der Waals surface area (Å²) in [5.41, 5.74) is 1.02. The molecule has 5 heteroatoms. The Morgan fingerprint density at radius 3 is 2.38 bits per heavy atom. The molecule has 4 fully saturated rings. The van der Waals surface area contributed by atoms with E-state index in [1.807, 2.05) is 30.3 Å². The third kappa shape index (κ3) is 2.17. The predicted octanol–water partition coefficient (Wildman–Crippen LogP) is 1.59. The zero-order chi connectivity index (χ0) is 13.7. The highest BCUT2D eigenvalue weighted by molar-refractivity contribution is 6.05. The van der Waals surface area contributed by atoms with E-state index in [0.29, 0.717) is 12.5 Å². The third-order valence-electron chi connectivity index (χ3n) is 5.10. The van der Waals surface area contributed by atoms with Crippen molar-refractivity contribution in [2.24, 2.45) is 17.8 Å². The van der Waals surface area contributed by atoms with Gasteiger partial charge in [-0.25, -0.2) is 0 Å². The third-order valence-corrected chi connectivity index (χ3v) is 5.10. The molecule has 0 radical (unpaired) electrons. The lowest BCUT2D eigenvalue weighted by atomic mass is 9.67. The number of nitrogens with one attached hydrogen (secondary N) is 1. The first kappa shape index (κ1) is 14.5. The number of imide groups is 1. The van der Waals surface area contributed by atoms with E-state index < -0.39 is 0 Å². The van der Waals surface area contributed by atoms with Gasteiger partial charge < -0.3 is 5.32 Å². The minimum atomic E-state index is -0.112. The molecule has 21 heavy (non-hydrogen) atoms. The van der Waals surface area contributed by atoms with Gasteiger partial charge in [0.15, 0.2) is 0 Å². The number of nitrogens with zero attached hydrogens (tertiary/aromatic N) is 1. The van der Waals surface area contributed by atoms with Crippen LogP contribution in [-0.2, 0) is 16.1 Å². The fourth-order valence-electron chi connectivity index (χ4n) is 4.13. The summed E-state index contributed by atoms with van der Waals surface area (Å²) < 4.78 is 0. The van der Waals surface area contributed by atoms with E-state index in [4.69, 9.17) is 0 Å². The van der Waals surface area contributed by atoms with Crippen LogP contribution in [0.2, 0.25) is 0 Å². The van der Waals surface area contributed by atoms with E-state index in [2.05, 4.69) is 5.32 Å². The SMILES string of the molecule is Cl.O=C1C2C3CCC(NC3)C2C(=O)N1Cc1ccccc1. The molecule has 1 N–H and O–H groups in total. The van der Waals surface area contributed by atoms with E-state index >= 15 is 0 Å². The second-order valence-corrected chi connectivity index (χ2v) is 6.15. The van der Waals surface area contributed by atoms with Gasteiger partial charge in [0.05, 0.1) is 18.4 Å². The summed E-state index contributed by atoms with van der Waals surface area (Å²) >= 11 is 0. The average molecular weight is 307 g/mol. The predicted molar refractivity (Wildman–Crippen MR) is 80.7 cm³/mol. The van der Waals surface area contributed by atoms with Crippen LogP contribution >= 0.6 is 12.4 Å². The van der Waals surface area contributed by atoms with E-state index in [0.717, 1.165) is 24.9 Å². The van der Waals surface area contributed by atoms with Crippen molar-refractivity contribution in [1.82, 2.24) is 10.2 Å². The van der Waals surface area contributed by atoms with E-state index in [9.17, 15) is 9.59 Å². The molecule has 0 spiro atoms. The van der Waals surface area contributed by atoms with Crippen LogP contribution in [0, 0.1) is 17.8 Å². The van der Waals surface area contributed by atoms with Gasteiger partial charge in [-0.15, -0.1) is 12.4 Å². The maximum Gasteiger partial charge on any atom is 0.234 e. The second kappa shape index (κ2) is 5.43. The molecule has 5 rings (SSSR count). The number of likely N-dealkylation sites (tertiary alicyclic amines) is 1. The Kier molecular flexibility index (Phi) is 3.76. The topological polar surface area (TPSA) is 49.4 Å². The van der Waals surface area contributed by atoms with Gasteiger partial charge in [0.1, 0.15) is 0 Å². The molecule has 3 heterocycles. The molecular weight excluding hydrogens is 288 g/mol. The smallest absolute Gasteiger partial charge is 0.234 e. The molecule has 1 aliphatic carbocycles. The quantitative estimate of drug-likeness (QED) is 0.844. The highest BCUT2D eigenvalue weighted by Crippen LogP contribution is 2.45. The van der Waals surface area contributed by atoms with Crippen LogP contribution in [0.5, 0.6) is 0 Å². The summed E-state index contributed by atoms with van der Waals surface area (Å²) in [6, 6.07) is 9.98. The summed E-state index contributed by atoms with van der Waals surface area (Å²) in [5, 5.41) is 3.43. The molecule has 4 atom stereocenters. The number of hydrogen-bond donors (Lipinski definition) is 1. The van der Waals surface area contributed by atoms with Crippen LogP contribution in [0.1, 0.15) is 18.4 Å². The van der Waals surface area contributed by atoms with Crippen LogP contribution in [0.25, 0.3) is 0 Å². The van der Waals surface area contributed by atoms with Crippen LogP contribution in [0.15, 0.2) is 30.3 Å². The Hall–Kier alpha value is -1.39. The van der Waals surface area contributed by atoms with Gasteiger partial charge in [-0.2, -0.15) is 0 Å². The van der Waals surface area contributed by atoms with E-state index in [1.165, 1.54) is 4.90 Å². The number of carbonyl (C=O) groups excluding carboxylic acids is 2. The molecule has 0 aromatic heterocycles. The van der Waals surface area contributed by atoms with Crippen molar-refractivity contribution >= 4 is 24.2 Å². The maximum atomic E-state index is 12.6. The summed E-state index contributed by atoms with van der Waals surface area (Å²) in [6.07, 6.45) is 2.11. The number of benzene rings is 1. The highest BCUT2D eigenvalue weighted by atomic mass is 35.5. The van der Waals surface area contributed by atoms with Gasteiger partial charge in [-0.05, 0) is 30.9 Å². The number of rotatable bonds is 2. The van der Waals surface area contributed by atoms with Gasteiger partial charge in [-0.3, -0.25) is 14.5 Å². The Balaban J connectivity index is 0.00000132. The normalized spacial score (nSPS) is 33.8. The zero-order valence-corrected chi connectivity index (χ0v) is 12.5. The molecule has 1 saturated carbocycles. The van der Waals surface area contributed by atoms with Gasteiger partial charge in [-0.1, -0.05) is 30.3 Å². The van der Waals surface area contributed by atoms with Crippen molar-refractivity contribution in [3.8, 4) is 0 Å². The van der Waals surface area contributed by atoms with Crippen LogP contribution in [0.3, 0.4) is 0 Å². The molecule has 3 aliphatic heterocycles. The Morgan fingerprint density at radius 2 is 1.76 bits per heavy atom. The molecule has 1 aromatic rings. The summed E-state index contributed by atoms with van der Waals surface area (Å²) in [7, 11) is 0. The molecular formula is C16H19ClN2O2. The first-order chi connectivity index (χ1) is 9.75. The van der Waals surface area contributed by atoms with Gasteiger partial charge in [0, 0.05) is 6.04 Å². The Bertz CT molecular complexity index is 525. The first-order valence-electron chi connectivity index (χ1n) is 7.38. The first-order valence-corrected chi connectivity index (χ1v) is 7.38. The molecule has 4 aliphatic rings. The standard InChI is InChI=1S/C16H18N2O2.ClH/c19-15-13-11-6-7-12(17-8-11)14(13)16(20)18(15)9-10-4-2-1-3-5-10;/h1-5,11-14,17H,6-9H2;1H. The number of fused-ring (bicyclic) bond motifs is 2. The second-order valence-electron chi connectivity index (χ2n) is 6.15. The lowest BCUT2D eigenvalue weighted by Gasteiger charge is -2.43. The van der Waals surface area contributed by atoms with Crippen molar-refractivity contribution in [3.63, 3.8) is 0 Å². The summed E-state index contributed by atoms with van der Waals surface area (Å²) in [6.45, 7) is 1.31. The van der Waals surface area contributed by atoms with Crippen LogP contribution in [-0.4, -0.2) is 29.3 Å². The van der Waals surface area contributed by atoms with Crippen molar-refractivity contribution in [3.05, 3.63) is 35.9 Å². The van der Waals surface area contributed by atoms with Crippen molar-refractivity contribution in [2.75, 3.05) is 6.54 Å². The van der Waals surface area contributed by atoms with Crippen LogP contribution < -0.4 is 5.32 Å². The van der Waals surface area contributed by atoms with Crippen LogP contribution in [0.4, 0.5) is 0 Å². The largest absolute Gasteiger partial charge is 0.313 e. The number of carbonyl (C=O) groups is 2. The number of hydrogen-bond acceptors (Lipinski definition) is 3. The number of piperidine rings is 2. The molecule has 4 nitrogen and oxygen atoms in total. The van der Waals surface area contributed by atoms with Gasteiger partial charge in [0.25, 0.3) is 0 Å². The minimum absolute atomic E-state index is 0. The zero-order valence-electron chi connectivity index (χ0n) is 11.7. The Labute approximate surface area is 130 Å². The van der Waals surface area contributed by atoms with Crippen molar-refractivity contribution in [1.29, 1.82) is 0 Å². The fraction of sp³-hybridized carbons (Fsp3) is 0.500. The average Bonchev–Trinajstić information content (AvgIpc) is 2.77. The summed E-state index contributed by atoms with van der Waals surface area (Å²) in [4.78, 5) is 26.7. The van der Waals surface area contributed by atoms with Crippen molar-refractivity contribution < 1.29 is 9.59 Å². The van der Waals surface area contributed by atoms with Gasteiger partial charge in [0.2, 0.25) is 11.8 Å². The molecule has 112 valence electrons. The van der Waals surface area contributed by atoms with E-state index in [-0.39, 0.29) is 42.1 Å². The molecule has 4 unspecified atom stereocenters. The molecule has 2 bridgehead atoms. The van der Waals surface area contributed by atoms with E-state index in [1.54, 1.807) is 0 Å². The van der Waals surface area contributed by atoms with Crippen molar-refractivity contribution in [2.45, 2.75) is 25.4 Å². The lowest BCUT2D eigenvalue weighted by molar-refractivity contribution is -0.140. The fourth-order valence-corrected chi connectivity index (χ4v) is 4.13.